The van der Waals surface area contributed by atoms with E-state index in [-0.39, 0.29) is 11.9 Å². The van der Waals surface area contributed by atoms with Crippen LogP contribution in [-0.4, -0.2) is 55.0 Å². The first-order chi connectivity index (χ1) is 15.3. The molecule has 4 aromatic heterocycles. The first kappa shape index (κ1) is 18.1. The van der Waals surface area contributed by atoms with Gasteiger partial charge in [-0.15, -0.1) is 0 Å². The molecule has 6 heterocycles. The minimum Gasteiger partial charge on any atom is -0.348 e. The molecule has 1 N–H and O–H groups in total. The third kappa shape index (κ3) is 3.06. The van der Waals surface area contributed by atoms with Gasteiger partial charge in [0.05, 0.1) is 28.8 Å². The molecule has 1 fully saturated rings. The first-order valence-corrected chi connectivity index (χ1v) is 10.8. The Kier molecular flexibility index (Phi) is 4.22. The Morgan fingerprint density at radius 1 is 1.06 bits per heavy atom. The maximum atomic E-state index is 12.7. The number of carbonyl (C=O) groups is 1. The number of fused-ring (bicyclic) bond motifs is 2. The number of pyridine rings is 2. The lowest BCUT2D eigenvalue weighted by Gasteiger charge is -2.35. The molecule has 4 aromatic rings. The van der Waals surface area contributed by atoms with Crippen LogP contribution in [0.25, 0.3) is 5.52 Å². The van der Waals surface area contributed by atoms with E-state index in [1.54, 1.807) is 12.5 Å². The molecule has 8 heteroatoms. The van der Waals surface area contributed by atoms with E-state index < -0.39 is 0 Å². The fraction of sp³-hybridized carbons (Fsp3) is 0.304. The summed E-state index contributed by atoms with van der Waals surface area (Å²) in [5.41, 5.74) is 4.73. The molecule has 0 saturated carbocycles. The first-order valence-electron chi connectivity index (χ1n) is 10.8. The van der Waals surface area contributed by atoms with Crippen LogP contribution in [-0.2, 0) is 6.42 Å². The molecule has 156 valence electrons. The number of nitrogens with zero attached hydrogens (tertiary/aromatic N) is 6. The van der Waals surface area contributed by atoms with Crippen LogP contribution in [0.1, 0.15) is 46.3 Å². The molecule has 1 saturated heterocycles. The quantitative estimate of drug-likeness (QED) is 0.559. The van der Waals surface area contributed by atoms with Gasteiger partial charge in [-0.1, -0.05) is 6.07 Å². The molecule has 2 aliphatic heterocycles. The smallest absolute Gasteiger partial charge is 0.255 e. The van der Waals surface area contributed by atoms with Crippen LogP contribution in [0.15, 0.2) is 55.1 Å². The molecular formula is C23H23N7O. The number of imidazole rings is 1. The minimum atomic E-state index is -0.137. The van der Waals surface area contributed by atoms with Gasteiger partial charge in [-0.2, -0.15) is 5.10 Å². The van der Waals surface area contributed by atoms with Crippen LogP contribution in [0.5, 0.6) is 0 Å². The van der Waals surface area contributed by atoms with Gasteiger partial charge in [-0.25, -0.2) is 14.5 Å². The lowest BCUT2D eigenvalue weighted by molar-refractivity contribution is 0.0792. The zero-order valence-corrected chi connectivity index (χ0v) is 17.1. The third-order valence-corrected chi connectivity index (χ3v) is 6.28. The summed E-state index contributed by atoms with van der Waals surface area (Å²) in [5.74, 6) is 0.898. The number of carbonyl (C=O) groups excluding carboxylic acids is 1. The highest BCUT2D eigenvalue weighted by Gasteiger charge is 2.34. The average molecular weight is 413 g/mol. The summed E-state index contributed by atoms with van der Waals surface area (Å²) >= 11 is 0. The highest BCUT2D eigenvalue weighted by Crippen LogP contribution is 2.36. The SMILES string of the molecule is O=C(c1ccc(N2CCc3[nH]cnc3[C@H]2c2cc3ccccn3n2)nc1)N1CCCC1. The second kappa shape index (κ2) is 7.23. The number of anilines is 1. The largest absolute Gasteiger partial charge is 0.348 e. The van der Waals surface area contributed by atoms with Gasteiger partial charge in [-0.05, 0) is 43.2 Å². The lowest BCUT2D eigenvalue weighted by atomic mass is 9.99. The van der Waals surface area contributed by atoms with E-state index in [4.69, 9.17) is 5.10 Å². The molecule has 0 aromatic carbocycles. The van der Waals surface area contributed by atoms with Crippen molar-refractivity contribution in [3.8, 4) is 0 Å². The molecule has 1 amide bonds. The molecular weight excluding hydrogens is 390 g/mol. The van der Waals surface area contributed by atoms with E-state index in [0.29, 0.717) is 5.56 Å². The maximum Gasteiger partial charge on any atom is 0.255 e. The predicted octanol–water partition coefficient (Wildman–Crippen LogP) is 2.84. The van der Waals surface area contributed by atoms with E-state index in [2.05, 4.69) is 25.9 Å². The van der Waals surface area contributed by atoms with E-state index in [1.807, 2.05) is 45.9 Å². The summed E-state index contributed by atoms with van der Waals surface area (Å²) in [6.45, 7) is 2.47. The summed E-state index contributed by atoms with van der Waals surface area (Å²) in [5, 5.41) is 4.82. The van der Waals surface area contributed by atoms with Crippen LogP contribution >= 0.6 is 0 Å². The van der Waals surface area contributed by atoms with Crippen LogP contribution in [0.4, 0.5) is 5.82 Å². The standard InChI is InChI=1S/C23H23N7O/c31-23(28-9-3-4-10-28)16-6-7-20(24-14-16)29-12-8-18-21(26-15-25-18)22(29)19-13-17-5-1-2-11-30(17)27-19/h1-2,5-7,11,13-15,22H,3-4,8-10,12H2,(H,25,26)/t22-/m1/s1. The third-order valence-electron chi connectivity index (χ3n) is 6.28. The summed E-state index contributed by atoms with van der Waals surface area (Å²) < 4.78 is 1.89. The normalized spacial score (nSPS) is 18.5. The van der Waals surface area contributed by atoms with Crippen molar-refractivity contribution < 1.29 is 4.79 Å². The summed E-state index contributed by atoms with van der Waals surface area (Å²) in [6, 6.07) is 11.8. The number of likely N-dealkylation sites (tertiary alicyclic amines) is 1. The van der Waals surface area contributed by atoms with E-state index in [1.165, 1.54) is 0 Å². The van der Waals surface area contributed by atoms with Crippen molar-refractivity contribution >= 4 is 17.2 Å². The molecule has 0 aliphatic carbocycles. The fourth-order valence-corrected chi connectivity index (χ4v) is 4.70. The second-order valence-electron chi connectivity index (χ2n) is 8.16. The topological polar surface area (TPSA) is 82.4 Å². The van der Waals surface area contributed by atoms with Crippen LogP contribution in [0.3, 0.4) is 0 Å². The molecule has 8 nitrogen and oxygen atoms in total. The van der Waals surface area contributed by atoms with Crippen molar-refractivity contribution in [1.82, 2.24) is 29.5 Å². The van der Waals surface area contributed by atoms with Crippen LogP contribution in [0, 0.1) is 0 Å². The van der Waals surface area contributed by atoms with Crippen molar-refractivity contribution in [1.29, 1.82) is 0 Å². The van der Waals surface area contributed by atoms with E-state index >= 15 is 0 Å². The number of amides is 1. The van der Waals surface area contributed by atoms with Crippen molar-refractivity contribution in [2.45, 2.75) is 25.3 Å². The number of rotatable bonds is 3. The molecule has 6 rings (SSSR count). The number of hydrogen-bond donors (Lipinski definition) is 1. The average Bonchev–Trinajstić information content (AvgIpc) is 3.58. The van der Waals surface area contributed by atoms with E-state index in [9.17, 15) is 4.79 Å². The predicted molar refractivity (Wildman–Crippen MR) is 116 cm³/mol. The van der Waals surface area contributed by atoms with Crippen molar-refractivity contribution in [3.63, 3.8) is 0 Å². The Morgan fingerprint density at radius 3 is 2.77 bits per heavy atom. The van der Waals surface area contributed by atoms with Gasteiger partial charge in [0, 0.05) is 44.1 Å². The van der Waals surface area contributed by atoms with Crippen molar-refractivity contribution in [2.24, 2.45) is 0 Å². The molecule has 2 aliphatic rings. The molecule has 0 unspecified atom stereocenters. The number of aromatic nitrogens is 5. The van der Waals surface area contributed by atoms with Gasteiger partial charge in [0.15, 0.2) is 0 Å². The molecule has 0 bridgehead atoms. The van der Waals surface area contributed by atoms with Gasteiger partial charge in [0.1, 0.15) is 11.9 Å². The van der Waals surface area contributed by atoms with Gasteiger partial charge in [0.2, 0.25) is 0 Å². The second-order valence-corrected chi connectivity index (χ2v) is 8.16. The number of aromatic amines is 1. The molecule has 0 radical (unpaired) electrons. The minimum absolute atomic E-state index is 0.0710. The van der Waals surface area contributed by atoms with Gasteiger partial charge in [0.25, 0.3) is 5.91 Å². The van der Waals surface area contributed by atoms with Crippen LogP contribution in [0.2, 0.25) is 0 Å². The maximum absolute atomic E-state index is 12.7. The Balaban J connectivity index is 1.37. The Bertz CT molecular complexity index is 1200. The number of H-pyrrole nitrogens is 1. The summed E-state index contributed by atoms with van der Waals surface area (Å²) in [7, 11) is 0. The highest BCUT2D eigenvalue weighted by molar-refractivity contribution is 5.94. The Hall–Kier alpha value is -3.68. The number of hydrogen-bond acceptors (Lipinski definition) is 5. The molecule has 31 heavy (non-hydrogen) atoms. The highest BCUT2D eigenvalue weighted by atomic mass is 16.2. The number of nitrogens with one attached hydrogen (secondary N) is 1. The Labute approximate surface area is 179 Å². The zero-order valence-electron chi connectivity index (χ0n) is 17.1. The summed E-state index contributed by atoms with van der Waals surface area (Å²) in [4.78, 5) is 29.4. The Morgan fingerprint density at radius 2 is 1.97 bits per heavy atom. The molecule has 0 spiro atoms. The van der Waals surface area contributed by atoms with Crippen molar-refractivity contribution in [2.75, 3.05) is 24.5 Å². The fourth-order valence-electron chi connectivity index (χ4n) is 4.70. The van der Waals surface area contributed by atoms with E-state index in [0.717, 1.165) is 67.3 Å². The van der Waals surface area contributed by atoms with Crippen molar-refractivity contribution in [3.05, 3.63) is 77.8 Å². The monoisotopic (exact) mass is 413 g/mol. The lowest BCUT2D eigenvalue weighted by Crippen LogP contribution is -2.37. The van der Waals surface area contributed by atoms with Gasteiger partial charge < -0.3 is 14.8 Å². The van der Waals surface area contributed by atoms with Gasteiger partial charge in [-0.3, -0.25) is 4.79 Å². The summed E-state index contributed by atoms with van der Waals surface area (Å²) in [6.07, 6.45) is 8.43. The van der Waals surface area contributed by atoms with Gasteiger partial charge >= 0.3 is 0 Å². The van der Waals surface area contributed by atoms with Crippen LogP contribution < -0.4 is 4.90 Å². The zero-order chi connectivity index (χ0) is 20.8. The molecule has 1 atom stereocenters.